The first-order chi connectivity index (χ1) is 8.69. The second-order valence-electron chi connectivity index (χ2n) is 3.62. The topological polar surface area (TPSA) is 73.0 Å². The maximum atomic E-state index is 9.02. The van der Waals surface area contributed by atoms with E-state index >= 15 is 0 Å². The molecule has 0 aliphatic carbocycles. The Labute approximate surface area is 104 Å². The molecule has 2 aromatic rings. The quantitative estimate of drug-likeness (QED) is 0.815. The van der Waals surface area contributed by atoms with Crippen molar-refractivity contribution in [2.45, 2.75) is 0 Å². The lowest BCUT2D eigenvalue weighted by molar-refractivity contribution is 0.394. The highest BCUT2D eigenvalue weighted by Gasteiger charge is 2.14. The summed E-state index contributed by atoms with van der Waals surface area (Å²) in [5, 5.41) is 16.6. The minimum atomic E-state index is 0.271. The number of hydrogen-bond acceptors (Lipinski definition) is 5. The van der Waals surface area contributed by atoms with Crippen LogP contribution in [-0.4, -0.2) is 29.2 Å². The summed E-state index contributed by atoms with van der Waals surface area (Å²) in [6, 6.07) is 7.39. The summed E-state index contributed by atoms with van der Waals surface area (Å²) in [4.78, 5) is 0. The van der Waals surface area contributed by atoms with Gasteiger partial charge in [0.2, 0.25) is 0 Å². The van der Waals surface area contributed by atoms with Gasteiger partial charge in [-0.3, -0.25) is 0 Å². The summed E-state index contributed by atoms with van der Waals surface area (Å²) in [6.07, 6.45) is 0. The van der Waals surface area contributed by atoms with Crippen LogP contribution in [0.3, 0.4) is 0 Å². The first kappa shape index (κ1) is 11.9. The van der Waals surface area contributed by atoms with Crippen molar-refractivity contribution in [3.8, 4) is 28.8 Å². The molecule has 1 heterocycles. The van der Waals surface area contributed by atoms with E-state index in [1.165, 1.54) is 0 Å². The molecule has 18 heavy (non-hydrogen) atoms. The molecule has 0 saturated carbocycles. The van der Waals surface area contributed by atoms with Crippen LogP contribution < -0.4 is 9.47 Å². The van der Waals surface area contributed by atoms with Crippen molar-refractivity contribution < 1.29 is 9.47 Å². The van der Waals surface area contributed by atoms with Gasteiger partial charge in [0.05, 0.1) is 14.2 Å². The summed E-state index contributed by atoms with van der Waals surface area (Å²) in [5.41, 5.74) is 1.68. The van der Waals surface area contributed by atoms with Crippen LogP contribution in [0.1, 0.15) is 5.69 Å². The van der Waals surface area contributed by atoms with Crippen molar-refractivity contribution in [2.75, 3.05) is 14.2 Å². The molecule has 6 nitrogen and oxygen atoms in total. The number of aryl methyl sites for hydroxylation is 1. The minimum absolute atomic E-state index is 0.271. The number of methoxy groups -OCH3 is 2. The lowest BCUT2D eigenvalue weighted by atomic mass is 10.1. The molecule has 6 heteroatoms. The average molecular weight is 244 g/mol. The van der Waals surface area contributed by atoms with E-state index in [-0.39, 0.29) is 5.69 Å². The van der Waals surface area contributed by atoms with Crippen LogP contribution in [0.2, 0.25) is 0 Å². The molecule has 0 atom stereocenters. The molecular formula is C12H12N4O2. The number of rotatable bonds is 3. The van der Waals surface area contributed by atoms with Gasteiger partial charge in [-0.05, 0) is 12.1 Å². The van der Waals surface area contributed by atoms with E-state index in [2.05, 4.69) is 10.3 Å². The number of hydrogen-bond donors (Lipinski definition) is 0. The Bertz CT molecular complexity index is 591. The summed E-state index contributed by atoms with van der Waals surface area (Å²) in [6.45, 7) is 0. The van der Waals surface area contributed by atoms with Crippen LogP contribution >= 0.6 is 0 Å². The van der Waals surface area contributed by atoms with Crippen molar-refractivity contribution in [3.63, 3.8) is 0 Å². The van der Waals surface area contributed by atoms with E-state index in [0.717, 1.165) is 5.56 Å². The second kappa shape index (κ2) is 4.75. The molecule has 0 saturated heterocycles. The zero-order valence-electron chi connectivity index (χ0n) is 10.3. The summed E-state index contributed by atoms with van der Waals surface area (Å²) in [5.74, 6) is 1.30. The van der Waals surface area contributed by atoms with Crippen molar-refractivity contribution in [1.29, 1.82) is 5.26 Å². The second-order valence-corrected chi connectivity index (χ2v) is 3.62. The van der Waals surface area contributed by atoms with Crippen LogP contribution in [0.5, 0.6) is 11.5 Å². The van der Waals surface area contributed by atoms with Gasteiger partial charge in [0.25, 0.3) is 0 Å². The Balaban J connectivity index is 2.63. The fourth-order valence-corrected chi connectivity index (χ4v) is 1.70. The fraction of sp³-hybridized carbons (Fsp3) is 0.250. The number of aromatic nitrogens is 3. The number of benzene rings is 1. The number of ether oxygens (including phenoxy) is 2. The molecule has 1 aromatic heterocycles. The van der Waals surface area contributed by atoms with Gasteiger partial charge in [-0.2, -0.15) is 5.26 Å². The normalized spacial score (nSPS) is 9.89. The molecule has 0 amide bonds. The molecule has 0 aliphatic heterocycles. The van der Waals surface area contributed by atoms with Crippen molar-refractivity contribution in [1.82, 2.24) is 15.0 Å². The Morgan fingerprint density at radius 3 is 2.28 bits per heavy atom. The zero-order valence-corrected chi connectivity index (χ0v) is 10.3. The van der Waals surface area contributed by atoms with Crippen molar-refractivity contribution in [2.24, 2.45) is 7.05 Å². The Morgan fingerprint density at radius 2 is 1.78 bits per heavy atom. The van der Waals surface area contributed by atoms with E-state index in [9.17, 15) is 0 Å². The molecule has 0 N–H and O–H groups in total. The highest BCUT2D eigenvalue weighted by Crippen LogP contribution is 2.30. The third-order valence-electron chi connectivity index (χ3n) is 2.56. The summed E-state index contributed by atoms with van der Waals surface area (Å²) in [7, 11) is 4.88. The highest BCUT2D eigenvalue weighted by molar-refractivity contribution is 5.68. The molecule has 0 bridgehead atoms. The molecule has 0 aliphatic rings. The molecule has 1 aromatic carbocycles. The lowest BCUT2D eigenvalue weighted by Crippen LogP contribution is -1.96. The fourth-order valence-electron chi connectivity index (χ4n) is 1.70. The maximum Gasteiger partial charge on any atom is 0.190 e. The van der Waals surface area contributed by atoms with Gasteiger partial charge in [0, 0.05) is 18.7 Å². The van der Waals surface area contributed by atoms with E-state index in [0.29, 0.717) is 17.2 Å². The molecule has 2 rings (SSSR count). The van der Waals surface area contributed by atoms with Gasteiger partial charge in [-0.1, -0.05) is 5.21 Å². The third kappa shape index (κ3) is 1.98. The highest BCUT2D eigenvalue weighted by atomic mass is 16.5. The van der Waals surface area contributed by atoms with Gasteiger partial charge in [0.1, 0.15) is 23.3 Å². The van der Waals surface area contributed by atoms with Crippen molar-refractivity contribution in [3.05, 3.63) is 23.9 Å². The van der Waals surface area contributed by atoms with Crippen molar-refractivity contribution >= 4 is 0 Å². The first-order valence-corrected chi connectivity index (χ1v) is 5.22. The summed E-state index contributed by atoms with van der Waals surface area (Å²) >= 11 is 0. The standard InChI is InChI=1S/C12H12N4O2/c1-16-12(11(7-13)14-15-16)8-4-9(17-2)6-10(5-8)18-3/h4-6H,1-3H3. The van der Waals surface area contributed by atoms with Crippen LogP contribution in [0.4, 0.5) is 0 Å². The molecule has 0 radical (unpaired) electrons. The third-order valence-corrected chi connectivity index (χ3v) is 2.56. The molecular weight excluding hydrogens is 232 g/mol. The number of nitrogens with zero attached hydrogens (tertiary/aromatic N) is 4. The Hall–Kier alpha value is -2.55. The number of nitriles is 1. The zero-order chi connectivity index (χ0) is 13.1. The van der Waals surface area contributed by atoms with Gasteiger partial charge in [-0.15, -0.1) is 5.10 Å². The van der Waals surface area contributed by atoms with Gasteiger partial charge in [0.15, 0.2) is 5.69 Å². The van der Waals surface area contributed by atoms with Gasteiger partial charge < -0.3 is 9.47 Å². The Morgan fingerprint density at radius 1 is 1.17 bits per heavy atom. The molecule has 0 fully saturated rings. The molecule has 0 spiro atoms. The molecule has 92 valence electrons. The van der Waals surface area contributed by atoms with Crippen LogP contribution in [0, 0.1) is 11.3 Å². The summed E-state index contributed by atoms with van der Waals surface area (Å²) < 4.78 is 11.9. The average Bonchev–Trinajstić information content (AvgIpc) is 2.79. The lowest BCUT2D eigenvalue weighted by Gasteiger charge is -2.08. The maximum absolute atomic E-state index is 9.02. The van der Waals surface area contributed by atoms with E-state index in [1.54, 1.807) is 32.0 Å². The predicted molar refractivity (Wildman–Crippen MR) is 64.3 cm³/mol. The van der Waals surface area contributed by atoms with E-state index in [1.807, 2.05) is 18.2 Å². The minimum Gasteiger partial charge on any atom is -0.497 e. The van der Waals surface area contributed by atoms with E-state index < -0.39 is 0 Å². The van der Waals surface area contributed by atoms with Gasteiger partial charge >= 0.3 is 0 Å². The molecule has 0 unspecified atom stereocenters. The first-order valence-electron chi connectivity index (χ1n) is 5.22. The smallest absolute Gasteiger partial charge is 0.190 e. The SMILES string of the molecule is COc1cc(OC)cc(-c2c(C#N)nnn2C)c1. The van der Waals surface area contributed by atoms with Crippen LogP contribution in [0.25, 0.3) is 11.3 Å². The van der Waals surface area contributed by atoms with Crippen LogP contribution in [-0.2, 0) is 7.05 Å². The largest absolute Gasteiger partial charge is 0.497 e. The van der Waals surface area contributed by atoms with Crippen LogP contribution in [0.15, 0.2) is 18.2 Å². The Kier molecular flexibility index (Phi) is 3.15. The predicted octanol–water partition coefficient (Wildman–Crippen LogP) is 1.37. The van der Waals surface area contributed by atoms with Gasteiger partial charge in [-0.25, -0.2) is 4.68 Å². The van der Waals surface area contributed by atoms with E-state index in [4.69, 9.17) is 14.7 Å². The monoisotopic (exact) mass is 244 g/mol.